The van der Waals surface area contributed by atoms with E-state index in [0.717, 1.165) is 23.2 Å². The van der Waals surface area contributed by atoms with Gasteiger partial charge in [-0.25, -0.2) is 0 Å². The first-order valence-corrected chi connectivity index (χ1v) is 7.63. The summed E-state index contributed by atoms with van der Waals surface area (Å²) in [6.07, 6.45) is 2.50. The molecule has 0 heterocycles. The zero-order valence-electron chi connectivity index (χ0n) is 13.1. The molecule has 21 heavy (non-hydrogen) atoms. The van der Waals surface area contributed by atoms with Crippen molar-refractivity contribution >= 4 is 5.91 Å². The van der Waals surface area contributed by atoms with Crippen LogP contribution in [0.1, 0.15) is 48.2 Å². The highest BCUT2D eigenvalue weighted by atomic mass is 16.2. The lowest BCUT2D eigenvalue weighted by molar-refractivity contribution is 0.0696. The predicted molar refractivity (Wildman–Crippen MR) is 86.0 cm³/mol. The van der Waals surface area contributed by atoms with E-state index in [1.165, 1.54) is 12.8 Å². The van der Waals surface area contributed by atoms with Crippen LogP contribution in [0.15, 0.2) is 18.2 Å². The molecule has 0 aromatic heterocycles. The molecule has 112 valence electrons. The number of carbonyl (C=O) groups excluding carboxylic acids is 1. The minimum atomic E-state index is 0.104. The van der Waals surface area contributed by atoms with Gasteiger partial charge in [0.1, 0.15) is 0 Å². The predicted octanol–water partition coefficient (Wildman–Crippen LogP) is 2.57. The van der Waals surface area contributed by atoms with Crippen LogP contribution in [-0.4, -0.2) is 29.9 Å². The van der Waals surface area contributed by atoms with Gasteiger partial charge < -0.3 is 10.6 Å². The molecule has 1 amide bonds. The molecule has 0 atom stereocenters. The lowest BCUT2D eigenvalue weighted by Crippen LogP contribution is -2.38. The molecule has 3 heteroatoms. The molecule has 1 saturated carbocycles. The van der Waals surface area contributed by atoms with E-state index in [2.05, 4.69) is 25.7 Å². The number of rotatable bonds is 4. The summed E-state index contributed by atoms with van der Waals surface area (Å²) in [6.45, 7) is 7.35. The quantitative estimate of drug-likeness (QED) is 0.864. The summed E-state index contributed by atoms with van der Waals surface area (Å²) in [5.74, 6) is 6.70. The molecule has 1 aliphatic carbocycles. The van der Waals surface area contributed by atoms with Crippen molar-refractivity contribution in [3.63, 3.8) is 0 Å². The van der Waals surface area contributed by atoms with E-state index >= 15 is 0 Å². The van der Waals surface area contributed by atoms with Crippen LogP contribution in [0.2, 0.25) is 0 Å². The standard InChI is InChI=1S/C18H24N2O/c1-13(2)20(12-15-7-8-15)18(21)17-9-6-14(3)16(11-17)5-4-10-19/h6,9,11,13,15H,7-8,10,12,19H2,1-3H3. The fraction of sp³-hybridized carbons (Fsp3) is 0.500. The summed E-state index contributed by atoms with van der Waals surface area (Å²) >= 11 is 0. The van der Waals surface area contributed by atoms with Crippen molar-refractivity contribution < 1.29 is 4.79 Å². The molecule has 1 aliphatic rings. The molecule has 2 N–H and O–H groups in total. The van der Waals surface area contributed by atoms with Gasteiger partial charge in [0.05, 0.1) is 6.54 Å². The molecule has 1 aromatic rings. The third kappa shape index (κ3) is 4.09. The monoisotopic (exact) mass is 284 g/mol. The van der Waals surface area contributed by atoms with Crippen LogP contribution in [0, 0.1) is 24.7 Å². The number of benzene rings is 1. The van der Waals surface area contributed by atoms with Crippen molar-refractivity contribution in [2.24, 2.45) is 11.7 Å². The topological polar surface area (TPSA) is 46.3 Å². The molecule has 1 fully saturated rings. The fourth-order valence-electron chi connectivity index (χ4n) is 2.31. The number of hydrogen-bond donors (Lipinski definition) is 1. The normalized spacial score (nSPS) is 13.8. The molecule has 1 aromatic carbocycles. The highest BCUT2D eigenvalue weighted by molar-refractivity contribution is 5.95. The van der Waals surface area contributed by atoms with Gasteiger partial charge in [0.25, 0.3) is 5.91 Å². The average Bonchev–Trinajstić information content (AvgIpc) is 3.27. The van der Waals surface area contributed by atoms with Crippen LogP contribution in [0.25, 0.3) is 0 Å². The van der Waals surface area contributed by atoms with Crippen LogP contribution in [0.4, 0.5) is 0 Å². The summed E-state index contributed by atoms with van der Waals surface area (Å²) in [4.78, 5) is 14.7. The van der Waals surface area contributed by atoms with Gasteiger partial charge in [-0.2, -0.15) is 0 Å². The highest BCUT2D eigenvalue weighted by Crippen LogP contribution is 2.31. The highest BCUT2D eigenvalue weighted by Gasteiger charge is 2.28. The number of nitrogens with zero attached hydrogens (tertiary/aromatic N) is 1. The molecule has 2 rings (SSSR count). The Balaban J connectivity index is 2.24. The van der Waals surface area contributed by atoms with Gasteiger partial charge in [0, 0.05) is 23.7 Å². The van der Waals surface area contributed by atoms with Gasteiger partial charge in [0.15, 0.2) is 0 Å². The lowest BCUT2D eigenvalue weighted by atomic mass is 10.0. The summed E-state index contributed by atoms with van der Waals surface area (Å²) in [5.41, 5.74) is 8.11. The van der Waals surface area contributed by atoms with Crippen LogP contribution >= 0.6 is 0 Å². The summed E-state index contributed by atoms with van der Waals surface area (Å²) in [6, 6.07) is 5.97. The molecule has 0 radical (unpaired) electrons. The van der Waals surface area contributed by atoms with Crippen LogP contribution < -0.4 is 5.73 Å². The van der Waals surface area contributed by atoms with Crippen LogP contribution in [0.3, 0.4) is 0 Å². The Kier molecular flexibility index (Phi) is 5.03. The van der Waals surface area contributed by atoms with Crippen molar-refractivity contribution in [1.82, 2.24) is 4.90 Å². The maximum absolute atomic E-state index is 12.7. The minimum absolute atomic E-state index is 0.104. The molecule has 0 spiro atoms. The first-order valence-electron chi connectivity index (χ1n) is 7.63. The number of nitrogens with two attached hydrogens (primary N) is 1. The van der Waals surface area contributed by atoms with E-state index in [9.17, 15) is 4.79 Å². The molecule has 0 bridgehead atoms. The SMILES string of the molecule is Cc1ccc(C(=O)N(CC2CC2)C(C)C)cc1C#CCN. The third-order valence-corrected chi connectivity index (χ3v) is 3.85. The minimum Gasteiger partial charge on any atom is -0.336 e. The maximum atomic E-state index is 12.7. The second-order valence-electron chi connectivity index (χ2n) is 6.03. The Bertz CT molecular complexity index is 577. The van der Waals surface area contributed by atoms with Crippen LogP contribution in [-0.2, 0) is 0 Å². The Morgan fingerprint density at radius 1 is 1.43 bits per heavy atom. The fourth-order valence-corrected chi connectivity index (χ4v) is 2.31. The summed E-state index contributed by atoms with van der Waals surface area (Å²) in [7, 11) is 0. The molecule has 0 unspecified atom stereocenters. The van der Waals surface area contributed by atoms with Gasteiger partial charge in [0.2, 0.25) is 0 Å². The molecular weight excluding hydrogens is 260 g/mol. The van der Waals surface area contributed by atoms with Gasteiger partial charge in [-0.3, -0.25) is 4.79 Å². The third-order valence-electron chi connectivity index (χ3n) is 3.85. The van der Waals surface area contributed by atoms with Crippen molar-refractivity contribution in [3.05, 3.63) is 34.9 Å². The number of carbonyl (C=O) groups is 1. The van der Waals surface area contributed by atoms with Crippen molar-refractivity contribution in [2.75, 3.05) is 13.1 Å². The Morgan fingerprint density at radius 3 is 2.71 bits per heavy atom. The van der Waals surface area contributed by atoms with E-state index in [-0.39, 0.29) is 11.9 Å². The number of aryl methyl sites for hydroxylation is 1. The van der Waals surface area contributed by atoms with E-state index < -0.39 is 0 Å². The zero-order valence-corrected chi connectivity index (χ0v) is 13.1. The summed E-state index contributed by atoms with van der Waals surface area (Å²) in [5, 5.41) is 0. The van der Waals surface area contributed by atoms with Crippen molar-refractivity contribution in [1.29, 1.82) is 0 Å². The molecule has 0 saturated heterocycles. The molecular formula is C18H24N2O. The van der Waals surface area contributed by atoms with Crippen LogP contribution in [0.5, 0.6) is 0 Å². The first-order chi connectivity index (χ1) is 10.0. The van der Waals surface area contributed by atoms with Gasteiger partial charge in [-0.1, -0.05) is 17.9 Å². The average molecular weight is 284 g/mol. The van der Waals surface area contributed by atoms with Gasteiger partial charge in [-0.15, -0.1) is 0 Å². The summed E-state index contributed by atoms with van der Waals surface area (Å²) < 4.78 is 0. The Morgan fingerprint density at radius 2 is 2.14 bits per heavy atom. The molecule has 0 aliphatic heterocycles. The smallest absolute Gasteiger partial charge is 0.254 e. The second kappa shape index (κ2) is 6.78. The van der Waals surface area contributed by atoms with E-state index in [1.54, 1.807) is 0 Å². The first kappa shape index (κ1) is 15.6. The van der Waals surface area contributed by atoms with E-state index in [1.807, 2.05) is 30.0 Å². The van der Waals surface area contributed by atoms with Crippen molar-refractivity contribution in [3.8, 4) is 11.8 Å². The second-order valence-corrected chi connectivity index (χ2v) is 6.03. The van der Waals surface area contributed by atoms with Gasteiger partial charge in [-0.05, 0) is 57.2 Å². The maximum Gasteiger partial charge on any atom is 0.254 e. The zero-order chi connectivity index (χ0) is 15.4. The Labute approximate surface area is 127 Å². The number of amides is 1. The molecule has 3 nitrogen and oxygen atoms in total. The van der Waals surface area contributed by atoms with Crippen molar-refractivity contribution in [2.45, 2.75) is 39.7 Å². The van der Waals surface area contributed by atoms with E-state index in [4.69, 9.17) is 5.73 Å². The number of hydrogen-bond acceptors (Lipinski definition) is 2. The Hall–Kier alpha value is -1.79. The lowest BCUT2D eigenvalue weighted by Gasteiger charge is -2.27. The van der Waals surface area contributed by atoms with E-state index in [0.29, 0.717) is 12.5 Å². The van der Waals surface area contributed by atoms with Gasteiger partial charge >= 0.3 is 0 Å². The largest absolute Gasteiger partial charge is 0.336 e.